The third-order valence-electron chi connectivity index (χ3n) is 2.75. The van der Waals surface area contributed by atoms with E-state index >= 15 is 0 Å². The zero-order valence-corrected chi connectivity index (χ0v) is 8.71. The van der Waals surface area contributed by atoms with Crippen molar-refractivity contribution < 1.29 is 9.59 Å². The fourth-order valence-corrected chi connectivity index (χ4v) is 1.68. The molecule has 2 amide bonds. The Kier molecular flexibility index (Phi) is 3.20. The van der Waals surface area contributed by atoms with Crippen molar-refractivity contribution in [3.63, 3.8) is 0 Å². The molecule has 1 saturated heterocycles. The van der Waals surface area contributed by atoms with E-state index in [1.54, 1.807) is 0 Å². The molecule has 1 saturated carbocycles. The number of rotatable bonds is 5. The molecule has 0 aromatic heterocycles. The molecule has 5 nitrogen and oxygen atoms in total. The molecule has 1 heterocycles. The van der Waals surface area contributed by atoms with Crippen molar-refractivity contribution in [2.75, 3.05) is 13.1 Å². The maximum absolute atomic E-state index is 11.5. The molecule has 3 N–H and O–H groups in total. The van der Waals surface area contributed by atoms with Gasteiger partial charge in [-0.2, -0.15) is 0 Å². The molecule has 1 unspecified atom stereocenters. The maximum Gasteiger partial charge on any atom is 0.242 e. The molecule has 84 valence electrons. The van der Waals surface area contributed by atoms with E-state index in [1.165, 1.54) is 12.8 Å². The standard InChI is InChI=1S/C10H17N3O2/c14-9-4-3-8(13-9)10(15)12-6-5-11-7-1-2-7/h7-8,11H,1-6H2,(H,12,15)(H,13,14). The lowest BCUT2D eigenvalue weighted by Gasteiger charge is -2.10. The Labute approximate surface area is 89.0 Å². The van der Waals surface area contributed by atoms with Crippen LogP contribution in [-0.4, -0.2) is 37.0 Å². The van der Waals surface area contributed by atoms with Crippen LogP contribution in [0.3, 0.4) is 0 Å². The van der Waals surface area contributed by atoms with Gasteiger partial charge in [-0.3, -0.25) is 9.59 Å². The van der Waals surface area contributed by atoms with Gasteiger partial charge in [-0.15, -0.1) is 0 Å². The van der Waals surface area contributed by atoms with Crippen LogP contribution in [0.2, 0.25) is 0 Å². The summed E-state index contributed by atoms with van der Waals surface area (Å²) < 4.78 is 0. The Bertz CT molecular complexity index is 263. The Morgan fingerprint density at radius 3 is 2.73 bits per heavy atom. The minimum absolute atomic E-state index is 0.0220. The molecule has 0 aromatic carbocycles. The fraction of sp³-hybridized carbons (Fsp3) is 0.800. The molecule has 1 aliphatic carbocycles. The van der Waals surface area contributed by atoms with Gasteiger partial charge in [-0.25, -0.2) is 0 Å². The number of amides is 2. The smallest absolute Gasteiger partial charge is 0.242 e. The summed E-state index contributed by atoms with van der Waals surface area (Å²) in [6.07, 6.45) is 3.61. The molecule has 2 fully saturated rings. The van der Waals surface area contributed by atoms with Crippen molar-refractivity contribution in [3.8, 4) is 0 Å². The Balaban J connectivity index is 1.57. The molecule has 0 aromatic rings. The zero-order valence-electron chi connectivity index (χ0n) is 8.71. The lowest BCUT2D eigenvalue weighted by molar-refractivity contribution is -0.125. The fourth-order valence-electron chi connectivity index (χ4n) is 1.68. The highest BCUT2D eigenvalue weighted by atomic mass is 16.2. The second-order valence-corrected chi connectivity index (χ2v) is 4.18. The first-order chi connectivity index (χ1) is 7.25. The van der Waals surface area contributed by atoms with Gasteiger partial charge in [0.2, 0.25) is 11.8 Å². The highest BCUT2D eigenvalue weighted by Crippen LogP contribution is 2.17. The molecule has 2 rings (SSSR count). The van der Waals surface area contributed by atoms with E-state index < -0.39 is 0 Å². The lowest BCUT2D eigenvalue weighted by atomic mass is 10.2. The van der Waals surface area contributed by atoms with Gasteiger partial charge in [0.25, 0.3) is 0 Å². The number of carbonyl (C=O) groups excluding carboxylic acids is 2. The van der Waals surface area contributed by atoms with Crippen molar-refractivity contribution >= 4 is 11.8 Å². The van der Waals surface area contributed by atoms with Crippen LogP contribution in [0.5, 0.6) is 0 Å². The van der Waals surface area contributed by atoms with Crippen LogP contribution in [-0.2, 0) is 9.59 Å². The average molecular weight is 211 g/mol. The molecule has 0 spiro atoms. The zero-order chi connectivity index (χ0) is 10.7. The third kappa shape index (κ3) is 3.20. The number of hydrogen-bond acceptors (Lipinski definition) is 3. The largest absolute Gasteiger partial charge is 0.353 e. The lowest BCUT2D eigenvalue weighted by Crippen LogP contribution is -2.43. The molecular weight excluding hydrogens is 194 g/mol. The molecule has 0 radical (unpaired) electrons. The minimum atomic E-state index is -0.307. The van der Waals surface area contributed by atoms with Gasteiger partial charge in [0, 0.05) is 25.6 Å². The van der Waals surface area contributed by atoms with Crippen LogP contribution >= 0.6 is 0 Å². The summed E-state index contributed by atoms with van der Waals surface area (Å²) in [7, 11) is 0. The van der Waals surface area contributed by atoms with Gasteiger partial charge in [-0.1, -0.05) is 0 Å². The highest BCUT2D eigenvalue weighted by molar-refractivity contribution is 5.90. The van der Waals surface area contributed by atoms with E-state index in [-0.39, 0.29) is 17.9 Å². The predicted molar refractivity (Wildman–Crippen MR) is 55.2 cm³/mol. The molecule has 15 heavy (non-hydrogen) atoms. The van der Waals surface area contributed by atoms with E-state index in [1.807, 2.05) is 0 Å². The first-order valence-corrected chi connectivity index (χ1v) is 5.56. The molecule has 1 atom stereocenters. The number of nitrogens with one attached hydrogen (secondary N) is 3. The van der Waals surface area contributed by atoms with Crippen LogP contribution in [0.25, 0.3) is 0 Å². The quantitative estimate of drug-likeness (QED) is 0.518. The van der Waals surface area contributed by atoms with E-state index in [2.05, 4.69) is 16.0 Å². The first-order valence-electron chi connectivity index (χ1n) is 5.56. The second kappa shape index (κ2) is 4.61. The topological polar surface area (TPSA) is 70.2 Å². The van der Waals surface area contributed by atoms with Gasteiger partial charge < -0.3 is 16.0 Å². The second-order valence-electron chi connectivity index (χ2n) is 4.18. The summed E-state index contributed by atoms with van der Waals surface area (Å²) in [5.41, 5.74) is 0. The first kappa shape index (κ1) is 10.4. The summed E-state index contributed by atoms with van der Waals surface area (Å²) >= 11 is 0. The van der Waals surface area contributed by atoms with Crippen molar-refractivity contribution in [1.29, 1.82) is 0 Å². The van der Waals surface area contributed by atoms with Crippen molar-refractivity contribution in [2.45, 2.75) is 37.8 Å². The number of carbonyl (C=O) groups is 2. The molecule has 2 aliphatic rings. The summed E-state index contributed by atoms with van der Waals surface area (Å²) in [6.45, 7) is 1.46. The van der Waals surface area contributed by atoms with E-state index in [0.717, 1.165) is 6.54 Å². The number of hydrogen-bond donors (Lipinski definition) is 3. The summed E-state index contributed by atoms with van der Waals surface area (Å²) in [5, 5.41) is 8.77. The third-order valence-corrected chi connectivity index (χ3v) is 2.75. The van der Waals surface area contributed by atoms with Crippen LogP contribution in [0.1, 0.15) is 25.7 Å². The summed E-state index contributed by atoms with van der Waals surface area (Å²) in [5.74, 6) is -0.0790. The van der Waals surface area contributed by atoms with Crippen LogP contribution in [0.4, 0.5) is 0 Å². The summed E-state index contributed by atoms with van der Waals surface area (Å²) in [6, 6.07) is 0.367. The van der Waals surface area contributed by atoms with Gasteiger partial charge in [-0.05, 0) is 19.3 Å². The average Bonchev–Trinajstić information content (AvgIpc) is 2.94. The van der Waals surface area contributed by atoms with Crippen molar-refractivity contribution in [3.05, 3.63) is 0 Å². The van der Waals surface area contributed by atoms with E-state index in [4.69, 9.17) is 0 Å². The molecule has 5 heteroatoms. The van der Waals surface area contributed by atoms with Crippen molar-refractivity contribution in [2.24, 2.45) is 0 Å². The minimum Gasteiger partial charge on any atom is -0.353 e. The maximum atomic E-state index is 11.5. The summed E-state index contributed by atoms with van der Waals surface area (Å²) in [4.78, 5) is 22.4. The van der Waals surface area contributed by atoms with Gasteiger partial charge in [0.15, 0.2) is 0 Å². The van der Waals surface area contributed by atoms with Crippen LogP contribution < -0.4 is 16.0 Å². The predicted octanol–water partition coefficient (Wildman–Crippen LogP) is -0.867. The van der Waals surface area contributed by atoms with Gasteiger partial charge >= 0.3 is 0 Å². The SMILES string of the molecule is O=C1CCC(C(=O)NCCNC2CC2)N1. The molecular formula is C10H17N3O2. The van der Waals surface area contributed by atoms with Gasteiger partial charge in [0.05, 0.1) is 0 Å². The normalized spacial score (nSPS) is 25.1. The monoisotopic (exact) mass is 211 g/mol. The van der Waals surface area contributed by atoms with Crippen molar-refractivity contribution in [1.82, 2.24) is 16.0 Å². The molecule has 0 bridgehead atoms. The Morgan fingerprint density at radius 1 is 1.33 bits per heavy atom. The Hall–Kier alpha value is -1.10. The van der Waals surface area contributed by atoms with Gasteiger partial charge in [0.1, 0.15) is 6.04 Å². The Morgan fingerprint density at radius 2 is 2.13 bits per heavy atom. The molecule has 1 aliphatic heterocycles. The van der Waals surface area contributed by atoms with E-state index in [0.29, 0.717) is 25.4 Å². The van der Waals surface area contributed by atoms with Crippen LogP contribution in [0.15, 0.2) is 0 Å². The van der Waals surface area contributed by atoms with E-state index in [9.17, 15) is 9.59 Å². The van der Waals surface area contributed by atoms with Crippen LogP contribution in [0, 0.1) is 0 Å². The highest BCUT2D eigenvalue weighted by Gasteiger charge is 2.26.